The number of carbonyl (C=O) groups excluding carboxylic acids is 1. The van der Waals surface area contributed by atoms with Gasteiger partial charge in [-0.05, 0) is 48.9 Å². The van der Waals surface area contributed by atoms with Gasteiger partial charge in [-0.25, -0.2) is 0 Å². The first-order valence-corrected chi connectivity index (χ1v) is 8.53. The van der Waals surface area contributed by atoms with Gasteiger partial charge < -0.3 is 20.5 Å². The van der Waals surface area contributed by atoms with Crippen LogP contribution < -0.4 is 15.4 Å². The van der Waals surface area contributed by atoms with Gasteiger partial charge in [0, 0.05) is 5.69 Å². The van der Waals surface area contributed by atoms with Crippen molar-refractivity contribution in [1.82, 2.24) is 5.32 Å². The van der Waals surface area contributed by atoms with E-state index in [4.69, 9.17) is 4.74 Å². The van der Waals surface area contributed by atoms with Crippen LogP contribution in [0, 0.1) is 5.92 Å². The number of carboxylic acid groups (broad SMARTS) is 1. The fraction of sp³-hybridized carbons (Fsp3) is 0.300. The maximum atomic E-state index is 12.1. The monoisotopic (exact) mass is 356 g/mol. The molecule has 138 valence electrons. The number of carboxylic acids is 1. The van der Waals surface area contributed by atoms with E-state index in [0.29, 0.717) is 23.9 Å². The van der Waals surface area contributed by atoms with Gasteiger partial charge in [-0.1, -0.05) is 32.0 Å². The molecule has 0 aliphatic heterocycles. The molecule has 0 heterocycles. The first-order chi connectivity index (χ1) is 12.4. The number of carbonyl (C=O) groups is 2. The molecule has 0 radical (unpaired) electrons. The lowest BCUT2D eigenvalue weighted by molar-refractivity contribution is -0.141. The van der Waals surface area contributed by atoms with Crippen molar-refractivity contribution >= 4 is 17.6 Å². The average molecular weight is 356 g/mol. The Morgan fingerprint density at radius 2 is 1.62 bits per heavy atom. The quantitative estimate of drug-likeness (QED) is 0.640. The molecule has 6 heteroatoms. The van der Waals surface area contributed by atoms with E-state index in [0.717, 1.165) is 5.75 Å². The van der Waals surface area contributed by atoms with Crippen molar-refractivity contribution < 1.29 is 19.4 Å². The Hall–Kier alpha value is -2.86. The molecular formula is C20H24N2O4. The van der Waals surface area contributed by atoms with Gasteiger partial charge in [0.2, 0.25) is 5.91 Å². The fourth-order valence-electron chi connectivity index (χ4n) is 2.25. The van der Waals surface area contributed by atoms with Crippen LogP contribution in [0.4, 0.5) is 5.69 Å². The van der Waals surface area contributed by atoms with Crippen molar-refractivity contribution in [1.29, 1.82) is 0 Å². The van der Waals surface area contributed by atoms with Crippen LogP contribution in [0.25, 0.3) is 0 Å². The minimum absolute atomic E-state index is 0.135. The highest BCUT2D eigenvalue weighted by Crippen LogP contribution is 2.22. The normalized spacial score (nSPS) is 11.8. The first kappa shape index (κ1) is 19.5. The largest absolute Gasteiger partial charge is 0.480 e. The fourth-order valence-corrected chi connectivity index (χ4v) is 2.25. The highest BCUT2D eigenvalue weighted by molar-refractivity contribution is 5.94. The van der Waals surface area contributed by atoms with Crippen LogP contribution in [0.3, 0.4) is 0 Å². The molecule has 0 aliphatic carbocycles. The van der Waals surface area contributed by atoms with E-state index in [-0.39, 0.29) is 12.3 Å². The summed E-state index contributed by atoms with van der Waals surface area (Å²) in [5.41, 5.74) is 0.586. The van der Waals surface area contributed by atoms with Gasteiger partial charge in [0.25, 0.3) is 0 Å². The number of hydrogen-bond donors (Lipinski definition) is 3. The van der Waals surface area contributed by atoms with E-state index in [1.807, 2.05) is 44.2 Å². The summed E-state index contributed by atoms with van der Waals surface area (Å²) in [5, 5.41) is 14.8. The number of ether oxygens (including phenoxy) is 1. The van der Waals surface area contributed by atoms with Crippen LogP contribution in [-0.2, 0) is 9.59 Å². The molecule has 26 heavy (non-hydrogen) atoms. The summed E-state index contributed by atoms with van der Waals surface area (Å²) in [6.45, 7) is 4.49. The number of para-hydroxylation sites is 1. The molecular weight excluding hydrogens is 332 g/mol. The highest BCUT2D eigenvalue weighted by atomic mass is 16.5. The molecule has 3 N–H and O–H groups in total. The molecule has 2 aromatic rings. The molecule has 0 aromatic heterocycles. The Morgan fingerprint density at radius 3 is 2.19 bits per heavy atom. The zero-order valence-electron chi connectivity index (χ0n) is 14.9. The minimum Gasteiger partial charge on any atom is -0.480 e. The van der Waals surface area contributed by atoms with E-state index < -0.39 is 12.0 Å². The third-order valence-electron chi connectivity index (χ3n) is 3.58. The Bertz CT molecular complexity index is 714. The van der Waals surface area contributed by atoms with Crippen LogP contribution in [0.2, 0.25) is 0 Å². The Balaban J connectivity index is 1.89. The van der Waals surface area contributed by atoms with Crippen LogP contribution in [-0.4, -0.2) is 29.6 Å². The number of hydrogen-bond acceptors (Lipinski definition) is 4. The van der Waals surface area contributed by atoms with Gasteiger partial charge in [-0.15, -0.1) is 0 Å². The number of aliphatic carboxylic acids is 1. The second-order valence-corrected chi connectivity index (χ2v) is 6.38. The minimum atomic E-state index is -1.03. The Labute approximate surface area is 153 Å². The lowest BCUT2D eigenvalue weighted by Gasteiger charge is -2.16. The molecule has 0 saturated heterocycles. The molecule has 0 bridgehead atoms. The van der Waals surface area contributed by atoms with Crippen LogP contribution >= 0.6 is 0 Å². The molecule has 0 spiro atoms. The number of benzene rings is 2. The molecule has 2 rings (SSSR count). The highest BCUT2D eigenvalue weighted by Gasteiger charge is 2.21. The van der Waals surface area contributed by atoms with Gasteiger partial charge >= 0.3 is 5.97 Å². The molecule has 0 saturated carbocycles. The lowest BCUT2D eigenvalue weighted by Crippen LogP contribution is -2.41. The molecule has 1 amide bonds. The van der Waals surface area contributed by atoms with E-state index in [9.17, 15) is 14.7 Å². The van der Waals surface area contributed by atoms with Crippen molar-refractivity contribution in [2.45, 2.75) is 26.3 Å². The number of nitrogens with one attached hydrogen (secondary N) is 2. The summed E-state index contributed by atoms with van der Waals surface area (Å²) < 4.78 is 5.69. The van der Waals surface area contributed by atoms with Crippen LogP contribution in [0.1, 0.15) is 20.3 Å². The average Bonchev–Trinajstić information content (AvgIpc) is 2.61. The second-order valence-electron chi connectivity index (χ2n) is 6.38. The second kappa shape index (κ2) is 9.58. The Kier molecular flexibility index (Phi) is 7.17. The van der Waals surface area contributed by atoms with E-state index in [1.54, 1.807) is 24.3 Å². The smallest absolute Gasteiger partial charge is 0.321 e. The summed E-state index contributed by atoms with van der Waals surface area (Å²) >= 11 is 0. The van der Waals surface area contributed by atoms with Crippen molar-refractivity contribution in [2.24, 2.45) is 5.92 Å². The number of anilines is 1. The van der Waals surface area contributed by atoms with Crippen molar-refractivity contribution in [2.75, 3.05) is 11.9 Å². The SMILES string of the molecule is CC(C)CN[C@@H](CC(=O)Nc1ccc(Oc2ccccc2)cc1)C(=O)O. The zero-order chi connectivity index (χ0) is 18.9. The van der Waals surface area contributed by atoms with Crippen LogP contribution in [0.15, 0.2) is 54.6 Å². The standard InChI is InChI=1S/C20H24N2O4/c1-14(2)13-21-18(20(24)25)12-19(23)22-15-8-10-17(11-9-15)26-16-6-4-3-5-7-16/h3-11,14,18,21H,12-13H2,1-2H3,(H,22,23)(H,24,25)/t18-/m0/s1. The van der Waals surface area contributed by atoms with Crippen molar-refractivity contribution in [3.8, 4) is 11.5 Å². The number of rotatable bonds is 9. The van der Waals surface area contributed by atoms with Crippen LogP contribution in [0.5, 0.6) is 11.5 Å². The molecule has 1 atom stereocenters. The number of amides is 1. The lowest BCUT2D eigenvalue weighted by atomic mass is 10.1. The van der Waals surface area contributed by atoms with Crippen molar-refractivity contribution in [3.63, 3.8) is 0 Å². The van der Waals surface area contributed by atoms with Crippen molar-refractivity contribution in [3.05, 3.63) is 54.6 Å². The molecule has 0 aliphatic rings. The third-order valence-corrected chi connectivity index (χ3v) is 3.58. The van der Waals surface area contributed by atoms with Gasteiger partial charge in [0.15, 0.2) is 0 Å². The van der Waals surface area contributed by atoms with E-state index >= 15 is 0 Å². The van der Waals surface area contributed by atoms with Gasteiger partial charge in [0.1, 0.15) is 17.5 Å². The topological polar surface area (TPSA) is 87.7 Å². The van der Waals surface area contributed by atoms with Gasteiger partial charge in [-0.2, -0.15) is 0 Å². The first-order valence-electron chi connectivity index (χ1n) is 8.53. The predicted octanol–water partition coefficient (Wildman–Crippen LogP) is 3.51. The summed E-state index contributed by atoms with van der Waals surface area (Å²) in [6.07, 6.45) is -0.135. The zero-order valence-corrected chi connectivity index (χ0v) is 14.9. The van der Waals surface area contributed by atoms with E-state index in [1.165, 1.54) is 0 Å². The molecule has 2 aromatic carbocycles. The summed E-state index contributed by atoms with van der Waals surface area (Å²) in [6, 6.07) is 15.4. The molecule has 0 fully saturated rings. The maximum absolute atomic E-state index is 12.1. The third kappa shape index (κ3) is 6.57. The van der Waals surface area contributed by atoms with Gasteiger partial charge in [-0.3, -0.25) is 9.59 Å². The summed E-state index contributed by atoms with van der Waals surface area (Å²) in [7, 11) is 0. The summed E-state index contributed by atoms with van der Waals surface area (Å²) in [5.74, 6) is 0.288. The molecule has 6 nitrogen and oxygen atoms in total. The van der Waals surface area contributed by atoms with Gasteiger partial charge in [0.05, 0.1) is 6.42 Å². The maximum Gasteiger partial charge on any atom is 0.321 e. The summed E-state index contributed by atoms with van der Waals surface area (Å²) in [4.78, 5) is 23.4. The molecule has 0 unspecified atom stereocenters. The van der Waals surface area contributed by atoms with E-state index in [2.05, 4.69) is 10.6 Å². The predicted molar refractivity (Wildman–Crippen MR) is 100 cm³/mol. The Morgan fingerprint density at radius 1 is 1.00 bits per heavy atom.